The minimum atomic E-state index is -1.06. The van der Waals surface area contributed by atoms with Gasteiger partial charge in [-0.3, -0.25) is 9.59 Å². The van der Waals surface area contributed by atoms with Crippen LogP contribution in [0.2, 0.25) is 5.02 Å². The molecule has 5 nitrogen and oxygen atoms in total. The Balaban J connectivity index is 2.01. The molecule has 2 heterocycles. The Bertz CT molecular complexity index is 1090. The molecule has 2 aromatic rings. The number of nitrogens with one attached hydrogen (secondary N) is 2. The number of piperidine rings is 1. The van der Waals surface area contributed by atoms with E-state index in [2.05, 4.69) is 23.3 Å². The van der Waals surface area contributed by atoms with Crippen LogP contribution in [0.3, 0.4) is 0 Å². The topological polar surface area (TPSA) is 82.0 Å². The molecule has 2 aliphatic heterocycles. The fraction of sp³-hybridized carbons (Fsp3) is 0.261. The molecule has 0 unspecified atom stereocenters. The lowest BCUT2D eigenvalue weighted by molar-refractivity contribution is -0.130. The summed E-state index contributed by atoms with van der Waals surface area (Å²) in [5, 5.41) is 15.9. The van der Waals surface area contributed by atoms with Gasteiger partial charge in [-0.2, -0.15) is 5.26 Å². The van der Waals surface area contributed by atoms with Crippen molar-refractivity contribution >= 4 is 29.1 Å². The Morgan fingerprint density at radius 2 is 2.10 bits per heavy atom. The maximum Gasteiger partial charge on any atom is 0.238 e. The van der Waals surface area contributed by atoms with E-state index in [1.165, 1.54) is 0 Å². The lowest BCUT2D eigenvalue weighted by atomic mass is 9.59. The number of halogens is 1. The number of hydrogen-bond acceptors (Lipinski definition) is 3. The van der Waals surface area contributed by atoms with E-state index in [1.807, 2.05) is 19.1 Å². The van der Waals surface area contributed by atoms with Gasteiger partial charge < -0.3 is 10.6 Å². The zero-order valence-corrected chi connectivity index (χ0v) is 16.7. The molecule has 2 aromatic carbocycles. The van der Waals surface area contributed by atoms with Crippen molar-refractivity contribution in [2.45, 2.75) is 37.1 Å². The highest BCUT2D eigenvalue weighted by molar-refractivity contribution is 6.31. The first-order chi connectivity index (χ1) is 13.9. The van der Waals surface area contributed by atoms with Crippen molar-refractivity contribution in [1.29, 1.82) is 5.26 Å². The molecule has 1 spiro atoms. The van der Waals surface area contributed by atoms with Crippen LogP contribution in [0.5, 0.6) is 0 Å². The number of hydrogen-bond donors (Lipinski definition) is 2. The van der Waals surface area contributed by atoms with Crippen LogP contribution >= 0.6 is 11.6 Å². The van der Waals surface area contributed by atoms with E-state index in [1.54, 1.807) is 30.3 Å². The van der Waals surface area contributed by atoms with Crippen molar-refractivity contribution in [1.82, 2.24) is 5.32 Å². The number of benzene rings is 2. The fourth-order valence-electron chi connectivity index (χ4n) is 4.68. The molecule has 1 saturated heterocycles. The van der Waals surface area contributed by atoms with Crippen LogP contribution in [0.25, 0.3) is 0 Å². The molecule has 4 rings (SSSR count). The third-order valence-electron chi connectivity index (χ3n) is 6.03. The van der Waals surface area contributed by atoms with Gasteiger partial charge in [0.25, 0.3) is 0 Å². The van der Waals surface area contributed by atoms with Gasteiger partial charge >= 0.3 is 0 Å². The molecule has 2 aliphatic rings. The zero-order chi connectivity index (χ0) is 20.8. The molecule has 0 aliphatic carbocycles. The lowest BCUT2D eigenvalue weighted by Gasteiger charge is -2.47. The summed E-state index contributed by atoms with van der Waals surface area (Å²) < 4.78 is 0. The van der Waals surface area contributed by atoms with Crippen molar-refractivity contribution < 1.29 is 9.59 Å². The quantitative estimate of drug-likeness (QED) is 0.756. The summed E-state index contributed by atoms with van der Waals surface area (Å²) in [6.07, 6.45) is 0.756. The molecular weight excluding hydrogens is 386 g/mol. The maximum atomic E-state index is 13.6. The Morgan fingerprint density at radius 1 is 1.31 bits per heavy atom. The number of fused-ring (bicyclic) bond motifs is 2. The number of carbonyl (C=O) groups is 2. The first-order valence-electron chi connectivity index (χ1n) is 9.50. The van der Waals surface area contributed by atoms with E-state index < -0.39 is 17.4 Å². The smallest absolute Gasteiger partial charge is 0.238 e. The van der Waals surface area contributed by atoms with Crippen molar-refractivity contribution in [3.05, 3.63) is 76.3 Å². The number of rotatable bonds is 3. The largest absolute Gasteiger partial charge is 0.348 e. The standard InChI is InChI=1S/C23H20ClN3O2/c1-3-13(2)21-23(17-8-7-16(24)10-19(17)26-22(23)29)18(11-20(28)27-21)15-6-4-5-14(9-15)12-25/h4-10,18,21H,2-3,11H2,1H3,(H,26,29)(H,27,28)/t18-,21+,23-/m0/s1. The van der Waals surface area contributed by atoms with Crippen molar-refractivity contribution in [3.8, 4) is 6.07 Å². The van der Waals surface area contributed by atoms with Crippen LogP contribution in [-0.4, -0.2) is 17.9 Å². The van der Waals surface area contributed by atoms with Crippen LogP contribution in [0.15, 0.2) is 54.6 Å². The van der Waals surface area contributed by atoms with Crippen LogP contribution in [0.1, 0.15) is 42.4 Å². The average Bonchev–Trinajstić information content (AvgIpc) is 3.00. The van der Waals surface area contributed by atoms with Gasteiger partial charge in [0.2, 0.25) is 11.8 Å². The van der Waals surface area contributed by atoms with Gasteiger partial charge in [-0.1, -0.05) is 48.9 Å². The molecule has 0 saturated carbocycles. The zero-order valence-electron chi connectivity index (χ0n) is 16.0. The van der Waals surface area contributed by atoms with E-state index in [-0.39, 0.29) is 18.2 Å². The summed E-state index contributed by atoms with van der Waals surface area (Å²) in [6.45, 7) is 6.12. The van der Waals surface area contributed by atoms with E-state index in [0.717, 1.165) is 16.7 Å². The van der Waals surface area contributed by atoms with Crippen LogP contribution in [0, 0.1) is 11.3 Å². The molecule has 2 amide bonds. The number of amides is 2. The number of anilines is 1. The van der Waals surface area contributed by atoms with Crippen molar-refractivity contribution in [2.24, 2.45) is 0 Å². The minimum absolute atomic E-state index is 0.137. The predicted molar refractivity (Wildman–Crippen MR) is 112 cm³/mol. The van der Waals surface area contributed by atoms with E-state index >= 15 is 0 Å². The Labute approximate surface area is 174 Å². The second kappa shape index (κ2) is 7.06. The molecule has 0 radical (unpaired) electrons. The second-order valence-electron chi connectivity index (χ2n) is 7.52. The summed E-state index contributed by atoms with van der Waals surface area (Å²) in [6, 6.07) is 14.1. The molecular formula is C23H20ClN3O2. The minimum Gasteiger partial charge on any atom is -0.348 e. The predicted octanol–water partition coefficient (Wildman–Crippen LogP) is 4.04. The van der Waals surface area contributed by atoms with Gasteiger partial charge in [0.15, 0.2) is 0 Å². The van der Waals surface area contributed by atoms with Crippen LogP contribution in [0.4, 0.5) is 5.69 Å². The lowest BCUT2D eigenvalue weighted by Crippen LogP contribution is -2.62. The Morgan fingerprint density at radius 3 is 2.83 bits per heavy atom. The van der Waals surface area contributed by atoms with Gasteiger partial charge in [0.05, 0.1) is 17.7 Å². The SMILES string of the molecule is C=C(CC)[C@H]1NC(=O)C[C@@H](c2cccc(C#N)c2)[C@]12C(=O)Nc1cc(Cl)ccc12. The van der Waals surface area contributed by atoms with Gasteiger partial charge in [-0.05, 0) is 41.8 Å². The number of nitriles is 1. The molecule has 2 N–H and O–H groups in total. The first kappa shape index (κ1) is 19.2. The third kappa shape index (κ3) is 2.83. The highest BCUT2D eigenvalue weighted by atomic mass is 35.5. The number of carbonyl (C=O) groups excluding carboxylic acids is 2. The third-order valence-corrected chi connectivity index (χ3v) is 6.27. The molecule has 29 heavy (non-hydrogen) atoms. The summed E-state index contributed by atoms with van der Waals surface area (Å²) in [5.41, 5.74) is 2.43. The molecule has 0 bridgehead atoms. The average molecular weight is 406 g/mol. The maximum absolute atomic E-state index is 13.6. The highest BCUT2D eigenvalue weighted by Gasteiger charge is 2.61. The van der Waals surface area contributed by atoms with Crippen LogP contribution < -0.4 is 10.6 Å². The van der Waals surface area contributed by atoms with E-state index in [9.17, 15) is 14.9 Å². The second-order valence-corrected chi connectivity index (χ2v) is 7.96. The van der Waals surface area contributed by atoms with Gasteiger partial charge in [-0.25, -0.2) is 0 Å². The highest BCUT2D eigenvalue weighted by Crippen LogP contribution is 2.54. The van der Waals surface area contributed by atoms with Crippen LogP contribution in [-0.2, 0) is 15.0 Å². The summed E-state index contributed by atoms with van der Waals surface area (Å²) in [7, 11) is 0. The molecule has 6 heteroatoms. The van der Waals surface area contributed by atoms with E-state index in [4.69, 9.17) is 11.6 Å². The first-order valence-corrected chi connectivity index (χ1v) is 9.88. The normalized spacial score (nSPS) is 25.1. The van der Waals surface area contributed by atoms with Gasteiger partial charge in [0.1, 0.15) is 5.41 Å². The summed E-state index contributed by atoms with van der Waals surface area (Å²) in [5.74, 6) is -0.778. The van der Waals surface area contributed by atoms with Gasteiger partial charge in [-0.15, -0.1) is 0 Å². The fourth-order valence-corrected chi connectivity index (χ4v) is 4.85. The summed E-state index contributed by atoms with van der Waals surface area (Å²) >= 11 is 6.17. The van der Waals surface area contributed by atoms with Gasteiger partial charge in [0, 0.05) is 23.0 Å². The van der Waals surface area contributed by atoms with E-state index in [0.29, 0.717) is 22.7 Å². The Hall–Kier alpha value is -3.10. The molecule has 146 valence electrons. The van der Waals surface area contributed by atoms with Crippen molar-refractivity contribution in [3.63, 3.8) is 0 Å². The molecule has 0 aromatic heterocycles. The number of nitrogens with zero attached hydrogens (tertiary/aromatic N) is 1. The Kier molecular flexibility index (Phi) is 4.68. The molecule has 3 atom stereocenters. The summed E-state index contributed by atoms with van der Waals surface area (Å²) in [4.78, 5) is 26.3. The molecule has 1 fully saturated rings. The monoisotopic (exact) mass is 405 g/mol. The van der Waals surface area contributed by atoms with Crippen molar-refractivity contribution in [2.75, 3.05) is 5.32 Å².